The summed E-state index contributed by atoms with van der Waals surface area (Å²) in [7, 11) is 2.08. The van der Waals surface area contributed by atoms with Gasteiger partial charge < -0.3 is 9.47 Å². The molecule has 0 spiro atoms. The molecular weight excluding hydrogens is 300 g/mol. The van der Waals surface area contributed by atoms with Gasteiger partial charge in [0.2, 0.25) is 5.91 Å². The first-order valence-corrected chi connectivity index (χ1v) is 9.05. The molecule has 0 bridgehead atoms. The van der Waals surface area contributed by atoms with Crippen molar-refractivity contribution < 1.29 is 4.79 Å². The molecule has 0 atom stereocenters. The lowest BCUT2D eigenvalue weighted by molar-refractivity contribution is -0.136. The van der Waals surface area contributed by atoms with E-state index in [1.165, 1.54) is 5.52 Å². The molecule has 2 aromatic rings. The second kappa shape index (κ2) is 7.34. The highest BCUT2D eigenvalue weighted by atomic mass is 16.2. The Morgan fingerprint density at radius 2 is 1.88 bits per heavy atom. The van der Waals surface area contributed by atoms with E-state index in [4.69, 9.17) is 4.98 Å². The Morgan fingerprint density at radius 1 is 1.21 bits per heavy atom. The number of para-hydroxylation sites is 2. The van der Waals surface area contributed by atoms with Crippen LogP contribution in [0.15, 0.2) is 24.3 Å². The molecule has 1 saturated heterocycles. The van der Waals surface area contributed by atoms with Crippen LogP contribution in [0.3, 0.4) is 0 Å². The Kier molecular flexibility index (Phi) is 5.19. The molecule has 5 heteroatoms. The van der Waals surface area contributed by atoms with Crippen molar-refractivity contribution in [3.8, 4) is 0 Å². The summed E-state index contributed by atoms with van der Waals surface area (Å²) in [4.78, 5) is 21.6. The van der Waals surface area contributed by atoms with Gasteiger partial charge in [0.25, 0.3) is 0 Å². The second-order valence-electron chi connectivity index (χ2n) is 6.64. The van der Waals surface area contributed by atoms with Gasteiger partial charge in [-0.15, -0.1) is 0 Å². The average Bonchev–Trinajstić information content (AvgIpc) is 2.93. The highest BCUT2D eigenvalue weighted by Gasteiger charge is 2.28. The second-order valence-corrected chi connectivity index (χ2v) is 6.64. The Balaban J connectivity index is 1.61. The average molecular weight is 328 g/mol. The van der Waals surface area contributed by atoms with Crippen molar-refractivity contribution in [1.82, 2.24) is 19.4 Å². The highest BCUT2D eigenvalue weighted by molar-refractivity contribution is 5.79. The maximum Gasteiger partial charge on any atom is 0.225 e. The number of imidazole rings is 1. The molecule has 0 unspecified atom stereocenters. The number of rotatable bonds is 5. The molecule has 2 heterocycles. The summed E-state index contributed by atoms with van der Waals surface area (Å²) in [5.74, 6) is 1.63. The number of hydrogen-bond donors (Lipinski definition) is 0. The number of likely N-dealkylation sites (tertiary alicyclic amines) is 1. The van der Waals surface area contributed by atoms with Crippen LogP contribution in [0.5, 0.6) is 0 Å². The molecular formula is C19H28N4O. The minimum absolute atomic E-state index is 0.196. The van der Waals surface area contributed by atoms with Gasteiger partial charge in [0.1, 0.15) is 5.82 Å². The van der Waals surface area contributed by atoms with Crippen molar-refractivity contribution >= 4 is 16.9 Å². The van der Waals surface area contributed by atoms with E-state index in [0.29, 0.717) is 5.91 Å². The van der Waals surface area contributed by atoms with E-state index in [0.717, 1.165) is 56.9 Å². The van der Waals surface area contributed by atoms with E-state index in [1.807, 2.05) is 11.0 Å². The minimum atomic E-state index is 0.196. The van der Waals surface area contributed by atoms with Crippen LogP contribution < -0.4 is 0 Å². The Hall–Kier alpha value is -1.88. The molecule has 3 rings (SSSR count). The number of aromatic nitrogens is 2. The number of nitrogens with zero attached hydrogens (tertiary/aromatic N) is 4. The van der Waals surface area contributed by atoms with E-state index >= 15 is 0 Å². The van der Waals surface area contributed by atoms with E-state index in [-0.39, 0.29) is 5.92 Å². The predicted octanol–water partition coefficient (Wildman–Crippen LogP) is 2.65. The van der Waals surface area contributed by atoms with E-state index < -0.39 is 0 Å². The normalized spacial score (nSPS) is 16.6. The van der Waals surface area contributed by atoms with Crippen molar-refractivity contribution in [1.29, 1.82) is 0 Å². The maximum atomic E-state index is 12.5. The van der Waals surface area contributed by atoms with Crippen LogP contribution in [0, 0.1) is 5.92 Å². The van der Waals surface area contributed by atoms with Crippen LogP contribution in [0.25, 0.3) is 11.0 Å². The lowest BCUT2D eigenvalue weighted by Gasteiger charge is -2.33. The zero-order valence-electron chi connectivity index (χ0n) is 15.0. The van der Waals surface area contributed by atoms with Crippen LogP contribution in [-0.2, 0) is 18.4 Å². The molecule has 0 N–H and O–H groups in total. The van der Waals surface area contributed by atoms with Crippen LogP contribution in [0.2, 0.25) is 0 Å². The van der Waals surface area contributed by atoms with Crippen LogP contribution in [0.1, 0.15) is 32.5 Å². The largest absolute Gasteiger partial charge is 0.343 e. The van der Waals surface area contributed by atoms with Crippen LogP contribution in [-0.4, -0.2) is 51.4 Å². The first-order valence-electron chi connectivity index (χ1n) is 9.05. The zero-order valence-corrected chi connectivity index (χ0v) is 15.0. The Bertz CT molecular complexity index is 696. The lowest BCUT2D eigenvalue weighted by Crippen LogP contribution is -2.42. The number of carbonyl (C=O) groups is 1. The van der Waals surface area contributed by atoms with Gasteiger partial charge in [0.05, 0.1) is 17.6 Å². The maximum absolute atomic E-state index is 12.5. The molecule has 130 valence electrons. The third-order valence-electron chi connectivity index (χ3n) is 5.26. The van der Waals surface area contributed by atoms with Gasteiger partial charge in [0.15, 0.2) is 0 Å². The fraction of sp³-hybridized carbons (Fsp3) is 0.579. The quantitative estimate of drug-likeness (QED) is 0.847. The van der Waals surface area contributed by atoms with Gasteiger partial charge in [-0.05, 0) is 51.9 Å². The SMILES string of the molecule is CCN(CC)C(=O)C1CCN(Cc2nc3ccccc3n2C)CC1. The summed E-state index contributed by atoms with van der Waals surface area (Å²) in [5.41, 5.74) is 2.24. The first kappa shape index (κ1) is 17.0. The predicted molar refractivity (Wildman–Crippen MR) is 96.6 cm³/mol. The molecule has 1 amide bonds. The third kappa shape index (κ3) is 3.31. The summed E-state index contributed by atoms with van der Waals surface area (Å²) in [6, 6.07) is 8.26. The number of aryl methyl sites for hydroxylation is 1. The number of benzene rings is 1. The van der Waals surface area contributed by atoms with Crippen molar-refractivity contribution in [3.05, 3.63) is 30.1 Å². The van der Waals surface area contributed by atoms with Crippen molar-refractivity contribution in [2.24, 2.45) is 13.0 Å². The van der Waals surface area contributed by atoms with Gasteiger partial charge in [-0.3, -0.25) is 9.69 Å². The fourth-order valence-corrected chi connectivity index (χ4v) is 3.67. The van der Waals surface area contributed by atoms with Gasteiger partial charge in [0, 0.05) is 26.1 Å². The zero-order chi connectivity index (χ0) is 17.1. The fourth-order valence-electron chi connectivity index (χ4n) is 3.67. The third-order valence-corrected chi connectivity index (χ3v) is 5.26. The van der Waals surface area contributed by atoms with Crippen molar-refractivity contribution in [3.63, 3.8) is 0 Å². The van der Waals surface area contributed by atoms with E-state index in [1.54, 1.807) is 0 Å². The highest BCUT2D eigenvalue weighted by Crippen LogP contribution is 2.22. The molecule has 24 heavy (non-hydrogen) atoms. The minimum Gasteiger partial charge on any atom is -0.343 e. The van der Waals surface area contributed by atoms with Crippen molar-refractivity contribution in [2.75, 3.05) is 26.2 Å². The number of carbonyl (C=O) groups excluding carboxylic acids is 1. The monoisotopic (exact) mass is 328 g/mol. The molecule has 0 aliphatic carbocycles. The number of amides is 1. The molecule has 1 aromatic heterocycles. The smallest absolute Gasteiger partial charge is 0.225 e. The number of hydrogen-bond acceptors (Lipinski definition) is 3. The first-order chi connectivity index (χ1) is 11.6. The summed E-state index contributed by atoms with van der Waals surface area (Å²) < 4.78 is 2.18. The topological polar surface area (TPSA) is 41.4 Å². The van der Waals surface area contributed by atoms with Gasteiger partial charge in [-0.1, -0.05) is 12.1 Å². The molecule has 0 radical (unpaired) electrons. The lowest BCUT2D eigenvalue weighted by atomic mass is 9.95. The van der Waals surface area contributed by atoms with E-state index in [9.17, 15) is 4.79 Å². The van der Waals surface area contributed by atoms with E-state index in [2.05, 4.69) is 48.6 Å². The van der Waals surface area contributed by atoms with Gasteiger partial charge >= 0.3 is 0 Å². The van der Waals surface area contributed by atoms with Gasteiger partial charge in [-0.25, -0.2) is 4.98 Å². The standard InChI is InChI=1S/C19H28N4O/c1-4-23(5-2)19(24)15-10-12-22(13-11-15)14-18-20-16-8-6-7-9-17(16)21(18)3/h6-9,15H,4-5,10-14H2,1-3H3. The molecule has 0 saturated carbocycles. The number of piperidine rings is 1. The molecule has 1 aromatic carbocycles. The summed E-state index contributed by atoms with van der Waals surface area (Å²) in [6.45, 7) is 8.55. The van der Waals surface area contributed by atoms with Crippen molar-refractivity contribution in [2.45, 2.75) is 33.2 Å². The summed E-state index contributed by atoms with van der Waals surface area (Å²) in [6.07, 6.45) is 1.92. The Labute approximate surface area is 144 Å². The van der Waals surface area contributed by atoms with Gasteiger partial charge in [-0.2, -0.15) is 0 Å². The number of fused-ring (bicyclic) bond motifs is 1. The Morgan fingerprint density at radius 3 is 2.50 bits per heavy atom. The molecule has 5 nitrogen and oxygen atoms in total. The van der Waals surface area contributed by atoms with Crippen LogP contribution >= 0.6 is 0 Å². The molecule has 1 aliphatic rings. The molecule has 1 aliphatic heterocycles. The summed E-state index contributed by atoms with van der Waals surface area (Å²) >= 11 is 0. The molecule has 1 fully saturated rings. The van der Waals surface area contributed by atoms with Crippen LogP contribution in [0.4, 0.5) is 0 Å². The summed E-state index contributed by atoms with van der Waals surface area (Å²) in [5, 5.41) is 0.